The molecule has 1 aromatic rings. The predicted molar refractivity (Wildman–Crippen MR) is 102 cm³/mol. The van der Waals surface area contributed by atoms with Crippen molar-refractivity contribution >= 4 is 23.2 Å². The number of hydrogen-bond donors (Lipinski definition) is 1. The Balaban J connectivity index is 1.42. The van der Waals surface area contributed by atoms with Crippen LogP contribution >= 0.6 is 11.3 Å². The molecule has 1 unspecified atom stereocenters. The van der Waals surface area contributed by atoms with Crippen molar-refractivity contribution in [1.29, 1.82) is 0 Å². The van der Waals surface area contributed by atoms with Gasteiger partial charge in [-0.3, -0.25) is 9.59 Å². The molecule has 2 aliphatic rings. The van der Waals surface area contributed by atoms with Gasteiger partial charge in [0, 0.05) is 35.9 Å². The number of carbonyl (C=O) groups is 2. The minimum Gasteiger partial charge on any atom is -0.481 e. The number of carbonyl (C=O) groups excluding carboxylic acids is 1. The first kappa shape index (κ1) is 19.4. The Kier molecular flexibility index (Phi) is 6.35. The van der Waals surface area contributed by atoms with Crippen molar-refractivity contribution in [2.24, 2.45) is 11.8 Å². The SMILES string of the molecule is Cc1cc(CCCC(=O)N2CCC([C@@H]3OCCC3C(=O)O)CC2)c(C)s1. The maximum atomic E-state index is 12.5. The van der Waals surface area contributed by atoms with Gasteiger partial charge in [0.05, 0.1) is 12.0 Å². The van der Waals surface area contributed by atoms with Crippen LogP contribution in [0.25, 0.3) is 0 Å². The summed E-state index contributed by atoms with van der Waals surface area (Å²) >= 11 is 1.82. The number of hydrogen-bond acceptors (Lipinski definition) is 4. The summed E-state index contributed by atoms with van der Waals surface area (Å²) in [5.41, 5.74) is 1.37. The van der Waals surface area contributed by atoms with Crippen molar-refractivity contribution in [2.75, 3.05) is 19.7 Å². The molecule has 3 heterocycles. The Bertz CT molecular complexity index is 648. The first-order chi connectivity index (χ1) is 12.5. The molecule has 5 nitrogen and oxygen atoms in total. The zero-order valence-corrected chi connectivity index (χ0v) is 16.5. The lowest BCUT2D eigenvalue weighted by Crippen LogP contribution is -2.43. The number of thiophene rings is 1. The molecule has 0 saturated carbocycles. The Labute approximate surface area is 159 Å². The molecular weight excluding hydrogens is 350 g/mol. The number of rotatable bonds is 6. The van der Waals surface area contributed by atoms with Crippen LogP contribution in [0.4, 0.5) is 0 Å². The molecule has 2 saturated heterocycles. The first-order valence-electron chi connectivity index (χ1n) is 9.64. The zero-order chi connectivity index (χ0) is 18.7. The fraction of sp³-hybridized carbons (Fsp3) is 0.700. The Hall–Kier alpha value is -1.40. The second kappa shape index (κ2) is 8.53. The van der Waals surface area contributed by atoms with Gasteiger partial charge in [-0.2, -0.15) is 0 Å². The number of aryl methyl sites for hydroxylation is 3. The smallest absolute Gasteiger partial charge is 0.309 e. The molecule has 1 aromatic heterocycles. The number of ether oxygens (including phenoxy) is 1. The summed E-state index contributed by atoms with van der Waals surface area (Å²) in [5, 5.41) is 9.32. The van der Waals surface area contributed by atoms with E-state index in [4.69, 9.17) is 4.74 Å². The number of nitrogens with zero attached hydrogens (tertiary/aromatic N) is 1. The molecular formula is C20H29NO4S. The van der Waals surface area contributed by atoms with Gasteiger partial charge in [-0.1, -0.05) is 0 Å². The average molecular weight is 380 g/mol. The van der Waals surface area contributed by atoms with Gasteiger partial charge in [0.2, 0.25) is 5.91 Å². The molecule has 2 atom stereocenters. The molecule has 1 amide bonds. The quantitative estimate of drug-likeness (QED) is 0.822. The largest absolute Gasteiger partial charge is 0.481 e. The molecule has 0 aliphatic carbocycles. The summed E-state index contributed by atoms with van der Waals surface area (Å²) < 4.78 is 5.71. The predicted octanol–water partition coefficient (Wildman–Crippen LogP) is 3.42. The van der Waals surface area contributed by atoms with E-state index in [1.165, 1.54) is 15.3 Å². The number of likely N-dealkylation sites (tertiary alicyclic amines) is 1. The lowest BCUT2D eigenvalue weighted by atomic mass is 9.84. The molecule has 2 fully saturated rings. The monoisotopic (exact) mass is 379 g/mol. The molecule has 144 valence electrons. The topological polar surface area (TPSA) is 66.8 Å². The Morgan fingerprint density at radius 3 is 2.62 bits per heavy atom. The summed E-state index contributed by atoms with van der Waals surface area (Å²) in [6.45, 7) is 6.27. The Morgan fingerprint density at radius 2 is 2.00 bits per heavy atom. The van der Waals surface area contributed by atoms with Crippen LogP contribution in [0.15, 0.2) is 6.07 Å². The first-order valence-corrected chi connectivity index (χ1v) is 10.5. The van der Waals surface area contributed by atoms with Gasteiger partial charge in [0.15, 0.2) is 0 Å². The molecule has 3 rings (SSSR count). The summed E-state index contributed by atoms with van der Waals surface area (Å²) in [4.78, 5) is 28.5. The zero-order valence-electron chi connectivity index (χ0n) is 15.7. The van der Waals surface area contributed by atoms with Crippen molar-refractivity contribution in [3.8, 4) is 0 Å². The highest BCUT2D eigenvalue weighted by molar-refractivity contribution is 7.12. The van der Waals surface area contributed by atoms with Gasteiger partial charge in [-0.15, -0.1) is 11.3 Å². The van der Waals surface area contributed by atoms with E-state index in [0.29, 0.717) is 19.4 Å². The fourth-order valence-electron chi connectivity index (χ4n) is 4.34. The van der Waals surface area contributed by atoms with E-state index in [-0.39, 0.29) is 23.8 Å². The van der Waals surface area contributed by atoms with Gasteiger partial charge in [0.1, 0.15) is 0 Å². The van der Waals surface area contributed by atoms with E-state index in [1.807, 2.05) is 16.2 Å². The van der Waals surface area contributed by atoms with E-state index in [0.717, 1.165) is 38.8 Å². The van der Waals surface area contributed by atoms with E-state index in [1.54, 1.807) is 0 Å². The van der Waals surface area contributed by atoms with E-state index >= 15 is 0 Å². The highest BCUT2D eigenvalue weighted by Gasteiger charge is 2.40. The van der Waals surface area contributed by atoms with Gasteiger partial charge in [-0.05, 0) is 63.5 Å². The molecule has 0 bridgehead atoms. The number of piperidine rings is 1. The van der Waals surface area contributed by atoms with Crippen LogP contribution < -0.4 is 0 Å². The lowest BCUT2D eigenvalue weighted by molar-refractivity contribution is -0.146. The van der Waals surface area contributed by atoms with Gasteiger partial charge < -0.3 is 14.7 Å². The molecule has 26 heavy (non-hydrogen) atoms. The molecule has 0 radical (unpaired) electrons. The maximum absolute atomic E-state index is 12.5. The van der Waals surface area contributed by atoms with Gasteiger partial charge >= 0.3 is 5.97 Å². The lowest BCUT2D eigenvalue weighted by Gasteiger charge is -2.35. The summed E-state index contributed by atoms with van der Waals surface area (Å²) in [5.74, 6) is -0.626. The van der Waals surface area contributed by atoms with Crippen molar-refractivity contribution in [3.05, 3.63) is 21.4 Å². The van der Waals surface area contributed by atoms with Crippen LogP contribution in [0.5, 0.6) is 0 Å². The van der Waals surface area contributed by atoms with Crippen LogP contribution in [0.3, 0.4) is 0 Å². The van der Waals surface area contributed by atoms with E-state index < -0.39 is 5.97 Å². The molecule has 0 aromatic carbocycles. The van der Waals surface area contributed by atoms with Crippen molar-refractivity contribution in [1.82, 2.24) is 4.90 Å². The summed E-state index contributed by atoms with van der Waals surface area (Å²) in [6, 6.07) is 2.23. The van der Waals surface area contributed by atoms with Crippen molar-refractivity contribution in [3.63, 3.8) is 0 Å². The maximum Gasteiger partial charge on any atom is 0.309 e. The van der Waals surface area contributed by atoms with Gasteiger partial charge in [0.25, 0.3) is 0 Å². The van der Waals surface area contributed by atoms with Crippen LogP contribution in [-0.4, -0.2) is 47.7 Å². The van der Waals surface area contributed by atoms with Crippen molar-refractivity contribution < 1.29 is 19.4 Å². The normalized spacial score (nSPS) is 24.2. The second-order valence-corrected chi connectivity index (χ2v) is 9.04. The number of amides is 1. The van der Waals surface area contributed by atoms with Crippen LogP contribution in [0.2, 0.25) is 0 Å². The second-order valence-electron chi connectivity index (χ2n) is 7.58. The minimum atomic E-state index is -0.745. The van der Waals surface area contributed by atoms with Crippen molar-refractivity contribution in [2.45, 2.75) is 58.5 Å². The number of carboxylic acids is 1. The molecule has 1 N–H and O–H groups in total. The van der Waals surface area contributed by atoms with Crippen LogP contribution in [-0.2, 0) is 20.7 Å². The fourth-order valence-corrected chi connectivity index (χ4v) is 5.31. The standard InChI is InChI=1S/C20H29NO4S/c1-13-12-16(14(2)26-13)4-3-5-18(22)21-9-6-15(7-10-21)19-17(20(23)24)8-11-25-19/h12,15,17,19H,3-11H2,1-2H3,(H,23,24)/t17?,19-/m0/s1. The molecule has 0 spiro atoms. The third-order valence-electron chi connectivity index (χ3n) is 5.79. The summed E-state index contributed by atoms with van der Waals surface area (Å²) in [6.07, 6.45) is 4.59. The third kappa shape index (κ3) is 4.46. The van der Waals surface area contributed by atoms with E-state index in [2.05, 4.69) is 19.9 Å². The highest BCUT2D eigenvalue weighted by atomic mass is 32.1. The van der Waals surface area contributed by atoms with E-state index in [9.17, 15) is 14.7 Å². The third-order valence-corrected chi connectivity index (χ3v) is 6.80. The molecule has 2 aliphatic heterocycles. The average Bonchev–Trinajstić information content (AvgIpc) is 3.22. The summed E-state index contributed by atoms with van der Waals surface area (Å²) in [7, 11) is 0. The van der Waals surface area contributed by atoms with Gasteiger partial charge in [-0.25, -0.2) is 0 Å². The highest BCUT2D eigenvalue weighted by Crippen LogP contribution is 2.33. The van der Waals surface area contributed by atoms with Crippen LogP contribution in [0, 0.1) is 25.7 Å². The van der Waals surface area contributed by atoms with Crippen LogP contribution in [0.1, 0.15) is 47.4 Å². The number of aliphatic carboxylic acids is 1. The minimum absolute atomic E-state index is 0.172. The molecule has 6 heteroatoms. The Morgan fingerprint density at radius 1 is 1.27 bits per heavy atom. The number of carboxylic acid groups (broad SMARTS) is 1.